The van der Waals surface area contributed by atoms with E-state index >= 15 is 0 Å². The van der Waals surface area contributed by atoms with Gasteiger partial charge in [-0.3, -0.25) is 25.0 Å². The molecule has 1 aromatic rings. The summed E-state index contributed by atoms with van der Waals surface area (Å²) in [7, 11) is 0. The van der Waals surface area contributed by atoms with Gasteiger partial charge in [0.1, 0.15) is 0 Å². The van der Waals surface area contributed by atoms with E-state index in [1.54, 1.807) is 0 Å². The fourth-order valence-corrected chi connectivity index (χ4v) is 1.13. The van der Waals surface area contributed by atoms with Gasteiger partial charge in [-0.2, -0.15) is 13.2 Å². The Balaban J connectivity index is 3.37. The number of alkyl halides is 3. The number of carbonyl (C=O) groups is 1. The van der Waals surface area contributed by atoms with Crippen molar-refractivity contribution in [1.29, 1.82) is 0 Å². The summed E-state index contributed by atoms with van der Waals surface area (Å²) in [5, 5.41) is 20.9. The summed E-state index contributed by atoms with van der Waals surface area (Å²) < 4.78 is 36.2. The molecule has 0 unspecified atom stereocenters. The van der Waals surface area contributed by atoms with Crippen molar-refractivity contribution in [3.63, 3.8) is 0 Å². The van der Waals surface area contributed by atoms with Crippen LogP contribution in [0, 0.1) is 20.2 Å². The zero-order chi connectivity index (χ0) is 14.1. The number of benzene rings is 1. The topological polar surface area (TPSA) is 103 Å². The molecule has 0 radical (unpaired) electrons. The maximum atomic E-state index is 12.1. The van der Waals surface area contributed by atoms with Crippen LogP contribution in [0.2, 0.25) is 0 Å². The van der Waals surface area contributed by atoms with Gasteiger partial charge in [0.15, 0.2) is 0 Å². The van der Waals surface area contributed by atoms with E-state index in [2.05, 4.69) is 0 Å². The molecular formula is C8H3F3N2O5. The summed E-state index contributed by atoms with van der Waals surface area (Å²) in [5.74, 6) is -2.31. The summed E-state index contributed by atoms with van der Waals surface area (Å²) >= 11 is 0. The second kappa shape index (κ2) is 4.39. The number of carbonyl (C=O) groups excluding carboxylic acids is 1. The van der Waals surface area contributed by atoms with E-state index in [-0.39, 0.29) is 6.07 Å². The predicted molar refractivity (Wildman–Crippen MR) is 50.1 cm³/mol. The normalized spacial score (nSPS) is 11.1. The lowest BCUT2D eigenvalue weighted by atomic mass is 10.1. The molecular weight excluding hydrogens is 261 g/mol. The number of nitrogens with zero attached hydrogens (tertiary/aromatic N) is 2. The zero-order valence-corrected chi connectivity index (χ0v) is 8.30. The standard InChI is InChI=1S/C8H3F3N2O5/c9-8(10,11)7(14)4-1-2-5(12(15)16)6(3-4)13(17)18/h1-3H. The number of ketones is 1. The number of nitro benzene ring substituents is 2. The van der Waals surface area contributed by atoms with Gasteiger partial charge in [0.2, 0.25) is 0 Å². The molecule has 0 aliphatic heterocycles. The molecule has 10 heteroatoms. The van der Waals surface area contributed by atoms with Crippen molar-refractivity contribution < 1.29 is 27.8 Å². The Morgan fingerprint density at radius 1 is 1.06 bits per heavy atom. The van der Waals surface area contributed by atoms with E-state index in [9.17, 15) is 38.2 Å². The number of rotatable bonds is 3. The molecule has 7 nitrogen and oxygen atoms in total. The Labute approximate surface area is 96.1 Å². The minimum Gasteiger partial charge on any atom is -0.284 e. The van der Waals surface area contributed by atoms with Crippen molar-refractivity contribution >= 4 is 17.2 Å². The molecule has 0 heterocycles. The third kappa shape index (κ3) is 2.59. The maximum Gasteiger partial charge on any atom is 0.454 e. The third-order valence-electron chi connectivity index (χ3n) is 1.89. The van der Waals surface area contributed by atoms with Crippen molar-refractivity contribution in [3.8, 4) is 0 Å². The maximum absolute atomic E-state index is 12.1. The summed E-state index contributed by atoms with van der Waals surface area (Å²) in [6.07, 6.45) is -5.20. The SMILES string of the molecule is O=C(c1ccc([N+](=O)[O-])c([N+](=O)[O-])c1)C(F)(F)F. The highest BCUT2D eigenvalue weighted by atomic mass is 19.4. The first kappa shape index (κ1) is 13.5. The average Bonchev–Trinajstić information content (AvgIpc) is 2.25. The van der Waals surface area contributed by atoms with E-state index in [0.717, 1.165) is 0 Å². The molecule has 1 aromatic carbocycles. The molecule has 0 saturated heterocycles. The Hall–Kier alpha value is -2.52. The Morgan fingerprint density at radius 3 is 1.94 bits per heavy atom. The first-order valence-electron chi connectivity index (χ1n) is 4.19. The average molecular weight is 264 g/mol. The van der Waals surface area contributed by atoms with Crippen LogP contribution < -0.4 is 0 Å². The van der Waals surface area contributed by atoms with E-state index in [0.29, 0.717) is 12.1 Å². The van der Waals surface area contributed by atoms with E-state index in [1.165, 1.54) is 0 Å². The van der Waals surface area contributed by atoms with E-state index in [1.807, 2.05) is 0 Å². The highest BCUT2D eigenvalue weighted by Crippen LogP contribution is 2.30. The van der Waals surface area contributed by atoms with Gasteiger partial charge >= 0.3 is 17.6 Å². The van der Waals surface area contributed by atoms with Crippen LogP contribution in [0.4, 0.5) is 24.5 Å². The van der Waals surface area contributed by atoms with E-state index < -0.39 is 38.7 Å². The fraction of sp³-hybridized carbons (Fsp3) is 0.125. The van der Waals surface area contributed by atoms with Crippen LogP contribution in [-0.4, -0.2) is 21.8 Å². The Bertz CT molecular complexity index is 540. The molecule has 0 N–H and O–H groups in total. The predicted octanol–water partition coefficient (Wildman–Crippen LogP) is 2.25. The van der Waals surface area contributed by atoms with Crippen LogP contribution in [-0.2, 0) is 0 Å². The van der Waals surface area contributed by atoms with Crippen molar-refractivity contribution in [2.75, 3.05) is 0 Å². The van der Waals surface area contributed by atoms with Gasteiger partial charge in [-0.05, 0) is 6.07 Å². The fourth-order valence-electron chi connectivity index (χ4n) is 1.13. The summed E-state index contributed by atoms with van der Waals surface area (Å²) in [5.41, 5.74) is -3.19. The first-order valence-corrected chi connectivity index (χ1v) is 4.19. The molecule has 0 aliphatic rings. The van der Waals surface area contributed by atoms with Crippen LogP contribution in [0.15, 0.2) is 18.2 Å². The zero-order valence-electron chi connectivity index (χ0n) is 8.30. The number of halogens is 3. The largest absolute Gasteiger partial charge is 0.454 e. The molecule has 0 spiro atoms. The molecule has 0 atom stereocenters. The summed E-state index contributed by atoms with van der Waals surface area (Å²) in [6, 6.07) is 1.23. The number of Topliss-reactive ketones (excluding diaryl/α,β-unsaturated/α-hetero) is 1. The number of nitro groups is 2. The lowest BCUT2D eigenvalue weighted by Gasteiger charge is -2.04. The van der Waals surface area contributed by atoms with Crippen molar-refractivity contribution in [2.45, 2.75) is 6.18 Å². The van der Waals surface area contributed by atoms with Crippen LogP contribution in [0.3, 0.4) is 0 Å². The number of hydrogen-bond acceptors (Lipinski definition) is 5. The molecule has 0 saturated carbocycles. The molecule has 0 aromatic heterocycles. The minimum atomic E-state index is -5.20. The summed E-state index contributed by atoms with van der Waals surface area (Å²) in [4.78, 5) is 29.3. The van der Waals surface area contributed by atoms with Crippen LogP contribution in [0.25, 0.3) is 0 Å². The number of hydrogen-bond donors (Lipinski definition) is 0. The van der Waals surface area contributed by atoms with Crippen molar-refractivity contribution in [3.05, 3.63) is 44.0 Å². The molecule has 0 bridgehead atoms. The molecule has 0 aliphatic carbocycles. The smallest absolute Gasteiger partial charge is 0.284 e. The second-order valence-electron chi connectivity index (χ2n) is 3.04. The second-order valence-corrected chi connectivity index (χ2v) is 3.04. The van der Waals surface area contributed by atoms with E-state index in [4.69, 9.17) is 0 Å². The molecule has 18 heavy (non-hydrogen) atoms. The quantitative estimate of drug-likeness (QED) is 0.473. The highest BCUT2D eigenvalue weighted by Gasteiger charge is 2.40. The van der Waals surface area contributed by atoms with Gasteiger partial charge in [-0.15, -0.1) is 0 Å². The molecule has 0 amide bonds. The molecule has 1 rings (SSSR count). The van der Waals surface area contributed by atoms with Crippen molar-refractivity contribution in [2.24, 2.45) is 0 Å². The minimum absolute atomic E-state index is 0.230. The molecule has 0 fully saturated rings. The highest BCUT2D eigenvalue weighted by molar-refractivity contribution is 6.01. The van der Waals surface area contributed by atoms with Gasteiger partial charge in [-0.1, -0.05) is 0 Å². The van der Waals surface area contributed by atoms with Gasteiger partial charge < -0.3 is 0 Å². The van der Waals surface area contributed by atoms with Gasteiger partial charge in [-0.25, -0.2) is 0 Å². The van der Waals surface area contributed by atoms with Crippen LogP contribution >= 0.6 is 0 Å². The lowest BCUT2D eigenvalue weighted by Crippen LogP contribution is -2.22. The van der Waals surface area contributed by atoms with Crippen molar-refractivity contribution in [1.82, 2.24) is 0 Å². The summed E-state index contributed by atoms with van der Waals surface area (Å²) in [6.45, 7) is 0. The Kier molecular flexibility index (Phi) is 3.30. The van der Waals surface area contributed by atoms with Crippen LogP contribution in [0.5, 0.6) is 0 Å². The Morgan fingerprint density at radius 2 is 1.56 bits per heavy atom. The molecule has 96 valence electrons. The monoisotopic (exact) mass is 264 g/mol. The van der Waals surface area contributed by atoms with Crippen LogP contribution in [0.1, 0.15) is 10.4 Å². The first-order chi connectivity index (χ1) is 8.14. The third-order valence-corrected chi connectivity index (χ3v) is 1.89. The van der Waals surface area contributed by atoms with Gasteiger partial charge in [0.05, 0.1) is 9.85 Å². The van der Waals surface area contributed by atoms with Gasteiger partial charge in [0.25, 0.3) is 5.78 Å². The lowest BCUT2D eigenvalue weighted by molar-refractivity contribution is -0.422. The van der Waals surface area contributed by atoms with Gasteiger partial charge in [0, 0.05) is 17.7 Å².